The topological polar surface area (TPSA) is 50.8 Å². The van der Waals surface area contributed by atoms with Gasteiger partial charge in [0.1, 0.15) is 16.9 Å². The van der Waals surface area contributed by atoms with Crippen molar-refractivity contribution in [3.63, 3.8) is 0 Å². The Kier molecular flexibility index (Phi) is 3.68. The van der Waals surface area contributed by atoms with Crippen LogP contribution < -0.4 is 4.74 Å². The Labute approximate surface area is 136 Å². The number of para-hydroxylation sites is 1. The average molecular weight is 309 g/mol. The zero-order valence-electron chi connectivity index (χ0n) is 13.8. The maximum Gasteiger partial charge on any atom is 0.240 e. The molecule has 1 fully saturated rings. The lowest BCUT2D eigenvalue weighted by molar-refractivity contribution is 0.236. The van der Waals surface area contributed by atoms with Crippen molar-refractivity contribution >= 4 is 21.9 Å². The van der Waals surface area contributed by atoms with Crippen molar-refractivity contribution in [2.24, 2.45) is 0 Å². The molecule has 1 saturated carbocycles. The molecular weight excluding hydrogens is 286 g/mol. The minimum atomic E-state index is 0.0910. The van der Waals surface area contributed by atoms with Crippen LogP contribution in [0, 0.1) is 0 Å². The highest BCUT2D eigenvalue weighted by atomic mass is 16.5. The van der Waals surface area contributed by atoms with Gasteiger partial charge in [-0.05, 0) is 32.8 Å². The Morgan fingerprint density at radius 1 is 1.09 bits per heavy atom. The SMILES string of the molecule is CC(C)Oc1nc2ccccc2c2nc(C3CCCCC3)[nH]c12. The Hall–Kier alpha value is -2.10. The molecule has 120 valence electrons. The minimum Gasteiger partial charge on any atom is -0.473 e. The van der Waals surface area contributed by atoms with E-state index in [2.05, 4.69) is 11.1 Å². The van der Waals surface area contributed by atoms with E-state index in [0.717, 1.165) is 27.8 Å². The molecule has 4 rings (SSSR count). The van der Waals surface area contributed by atoms with Crippen molar-refractivity contribution in [2.45, 2.75) is 58.0 Å². The number of hydrogen-bond donors (Lipinski definition) is 1. The number of aromatic amines is 1. The van der Waals surface area contributed by atoms with E-state index < -0.39 is 0 Å². The minimum absolute atomic E-state index is 0.0910. The Morgan fingerprint density at radius 3 is 2.65 bits per heavy atom. The van der Waals surface area contributed by atoms with Gasteiger partial charge in [0, 0.05) is 11.3 Å². The van der Waals surface area contributed by atoms with Crippen LogP contribution in [0.15, 0.2) is 24.3 Å². The van der Waals surface area contributed by atoms with Gasteiger partial charge in [0.2, 0.25) is 5.88 Å². The van der Waals surface area contributed by atoms with E-state index in [1.165, 1.54) is 32.1 Å². The van der Waals surface area contributed by atoms with Gasteiger partial charge in [0.15, 0.2) is 0 Å². The van der Waals surface area contributed by atoms with E-state index in [9.17, 15) is 0 Å². The lowest BCUT2D eigenvalue weighted by Crippen LogP contribution is -2.08. The molecule has 1 aliphatic rings. The monoisotopic (exact) mass is 309 g/mol. The normalized spacial score (nSPS) is 16.5. The molecule has 0 saturated heterocycles. The number of benzene rings is 1. The van der Waals surface area contributed by atoms with Gasteiger partial charge in [0.05, 0.1) is 11.6 Å². The summed E-state index contributed by atoms with van der Waals surface area (Å²) < 4.78 is 5.95. The van der Waals surface area contributed by atoms with Crippen LogP contribution in [0.5, 0.6) is 5.88 Å². The molecule has 0 amide bonds. The first-order valence-electron chi connectivity index (χ1n) is 8.67. The fourth-order valence-corrected chi connectivity index (χ4v) is 3.56. The predicted octanol–water partition coefficient (Wildman–Crippen LogP) is 4.95. The number of ether oxygens (including phenoxy) is 1. The van der Waals surface area contributed by atoms with Crippen LogP contribution in [0.1, 0.15) is 57.7 Å². The molecule has 0 aliphatic heterocycles. The summed E-state index contributed by atoms with van der Waals surface area (Å²) >= 11 is 0. The highest BCUT2D eigenvalue weighted by Gasteiger charge is 2.22. The van der Waals surface area contributed by atoms with Crippen LogP contribution in [-0.2, 0) is 0 Å². The van der Waals surface area contributed by atoms with Gasteiger partial charge in [-0.15, -0.1) is 0 Å². The summed E-state index contributed by atoms with van der Waals surface area (Å²) in [6.45, 7) is 4.06. The molecule has 3 aromatic rings. The first-order chi connectivity index (χ1) is 11.2. The number of rotatable bonds is 3. The molecular formula is C19H23N3O. The third kappa shape index (κ3) is 2.67. The summed E-state index contributed by atoms with van der Waals surface area (Å²) in [6, 6.07) is 8.17. The third-order valence-corrected chi connectivity index (χ3v) is 4.66. The molecule has 0 radical (unpaired) electrons. The van der Waals surface area contributed by atoms with Gasteiger partial charge in [0.25, 0.3) is 0 Å². The molecule has 0 bridgehead atoms. The second-order valence-corrected chi connectivity index (χ2v) is 6.78. The van der Waals surface area contributed by atoms with Crippen molar-refractivity contribution in [3.8, 4) is 5.88 Å². The van der Waals surface area contributed by atoms with Gasteiger partial charge in [-0.3, -0.25) is 0 Å². The van der Waals surface area contributed by atoms with Crippen molar-refractivity contribution in [1.82, 2.24) is 15.0 Å². The number of nitrogens with one attached hydrogen (secondary N) is 1. The molecule has 2 aromatic heterocycles. The van der Waals surface area contributed by atoms with Crippen LogP contribution in [-0.4, -0.2) is 21.1 Å². The summed E-state index contributed by atoms with van der Waals surface area (Å²) in [7, 11) is 0. The number of pyridine rings is 1. The van der Waals surface area contributed by atoms with Crippen molar-refractivity contribution in [3.05, 3.63) is 30.1 Å². The first-order valence-corrected chi connectivity index (χ1v) is 8.67. The molecule has 23 heavy (non-hydrogen) atoms. The molecule has 2 heterocycles. The summed E-state index contributed by atoms with van der Waals surface area (Å²) in [5, 5.41) is 1.09. The van der Waals surface area contributed by atoms with Crippen LogP contribution >= 0.6 is 0 Å². The summed E-state index contributed by atoms with van der Waals surface area (Å²) in [5.41, 5.74) is 2.88. The van der Waals surface area contributed by atoms with Crippen molar-refractivity contribution < 1.29 is 4.74 Å². The van der Waals surface area contributed by atoms with E-state index in [4.69, 9.17) is 14.7 Å². The smallest absolute Gasteiger partial charge is 0.240 e. The van der Waals surface area contributed by atoms with Crippen molar-refractivity contribution in [2.75, 3.05) is 0 Å². The molecule has 0 spiro atoms. The lowest BCUT2D eigenvalue weighted by atomic mass is 9.89. The van der Waals surface area contributed by atoms with E-state index in [1.54, 1.807) is 0 Å². The molecule has 1 aliphatic carbocycles. The van der Waals surface area contributed by atoms with Gasteiger partial charge in [-0.1, -0.05) is 37.5 Å². The predicted molar refractivity (Wildman–Crippen MR) is 93.0 cm³/mol. The highest BCUT2D eigenvalue weighted by Crippen LogP contribution is 2.35. The number of imidazole rings is 1. The molecule has 1 aromatic carbocycles. The number of aromatic nitrogens is 3. The Morgan fingerprint density at radius 2 is 1.87 bits per heavy atom. The number of fused-ring (bicyclic) bond motifs is 3. The third-order valence-electron chi connectivity index (χ3n) is 4.66. The van der Waals surface area contributed by atoms with Crippen LogP contribution in [0.2, 0.25) is 0 Å². The first kappa shape index (κ1) is 14.5. The van der Waals surface area contributed by atoms with Gasteiger partial charge >= 0.3 is 0 Å². The molecule has 0 unspecified atom stereocenters. The van der Waals surface area contributed by atoms with Crippen molar-refractivity contribution in [1.29, 1.82) is 0 Å². The number of hydrogen-bond acceptors (Lipinski definition) is 3. The Balaban J connectivity index is 1.90. The highest BCUT2D eigenvalue weighted by molar-refractivity contribution is 6.04. The Bertz CT molecular complexity index is 831. The van der Waals surface area contributed by atoms with Gasteiger partial charge in [-0.25, -0.2) is 9.97 Å². The van der Waals surface area contributed by atoms with E-state index in [0.29, 0.717) is 11.8 Å². The van der Waals surface area contributed by atoms with Crippen LogP contribution in [0.4, 0.5) is 0 Å². The fourth-order valence-electron chi connectivity index (χ4n) is 3.56. The van der Waals surface area contributed by atoms with E-state index in [1.807, 2.05) is 32.0 Å². The summed E-state index contributed by atoms with van der Waals surface area (Å²) in [4.78, 5) is 13.2. The standard InChI is InChI=1S/C19H23N3O/c1-12(2)23-19-17-16(14-10-6-7-11-15(14)20-19)21-18(22-17)13-8-4-3-5-9-13/h6-7,10-13H,3-5,8-9H2,1-2H3,(H,21,22). The molecule has 4 nitrogen and oxygen atoms in total. The van der Waals surface area contributed by atoms with E-state index in [-0.39, 0.29) is 6.10 Å². The zero-order chi connectivity index (χ0) is 15.8. The fraction of sp³-hybridized carbons (Fsp3) is 0.474. The second-order valence-electron chi connectivity index (χ2n) is 6.78. The molecule has 4 heteroatoms. The largest absolute Gasteiger partial charge is 0.473 e. The average Bonchev–Trinajstić information content (AvgIpc) is 3.01. The number of nitrogens with zero attached hydrogens (tertiary/aromatic N) is 2. The van der Waals surface area contributed by atoms with E-state index >= 15 is 0 Å². The molecule has 0 atom stereocenters. The quantitative estimate of drug-likeness (QED) is 0.745. The lowest BCUT2D eigenvalue weighted by Gasteiger charge is -2.19. The zero-order valence-corrected chi connectivity index (χ0v) is 13.8. The second kappa shape index (κ2) is 5.84. The maximum atomic E-state index is 5.95. The van der Waals surface area contributed by atoms with Gasteiger partial charge < -0.3 is 9.72 Å². The van der Waals surface area contributed by atoms with Crippen LogP contribution in [0.3, 0.4) is 0 Å². The molecule has 1 N–H and O–H groups in total. The van der Waals surface area contributed by atoms with Gasteiger partial charge in [-0.2, -0.15) is 0 Å². The van der Waals surface area contributed by atoms with Crippen LogP contribution in [0.25, 0.3) is 21.9 Å². The maximum absolute atomic E-state index is 5.95. The number of H-pyrrole nitrogens is 1. The summed E-state index contributed by atoms with van der Waals surface area (Å²) in [6.07, 6.45) is 6.50. The summed E-state index contributed by atoms with van der Waals surface area (Å²) in [5.74, 6) is 2.32.